The van der Waals surface area contributed by atoms with Gasteiger partial charge >= 0.3 is 154 Å². The summed E-state index contributed by atoms with van der Waals surface area (Å²) in [6.45, 7) is 10.6. The molecule has 0 fully saturated rings. The quantitative estimate of drug-likeness (QED) is 0.186. The van der Waals surface area contributed by atoms with E-state index < -0.39 is 18.4 Å². The molecule has 0 aromatic heterocycles. The van der Waals surface area contributed by atoms with Crippen molar-refractivity contribution >= 4 is 24.3 Å². The summed E-state index contributed by atoms with van der Waals surface area (Å²) >= 11 is -2.34. The first-order valence-electron chi connectivity index (χ1n) is 9.64. The van der Waals surface area contributed by atoms with E-state index in [9.17, 15) is 10.1 Å². The second kappa shape index (κ2) is 13.8. The van der Waals surface area contributed by atoms with Crippen molar-refractivity contribution in [3.05, 3.63) is 12.2 Å². The van der Waals surface area contributed by atoms with Crippen molar-refractivity contribution in [2.45, 2.75) is 83.5 Å². The van der Waals surface area contributed by atoms with Gasteiger partial charge in [0.05, 0.1) is 0 Å². The Hall–Kier alpha value is -0.501. The molecule has 0 heterocycles. The van der Waals surface area contributed by atoms with Crippen molar-refractivity contribution in [1.82, 2.24) is 0 Å². The molecular formula is C20H37NO2Sn. The van der Waals surface area contributed by atoms with Crippen LogP contribution in [0.3, 0.4) is 0 Å². The monoisotopic (exact) mass is 443 g/mol. The van der Waals surface area contributed by atoms with Crippen molar-refractivity contribution in [3.63, 3.8) is 0 Å². The molecule has 4 heteroatoms. The van der Waals surface area contributed by atoms with Gasteiger partial charge in [-0.15, -0.1) is 0 Å². The van der Waals surface area contributed by atoms with Crippen LogP contribution in [-0.2, 0) is 9.53 Å². The summed E-state index contributed by atoms with van der Waals surface area (Å²) in [5.74, 6) is -0.426. The SMILES string of the molecule is C=C(CC(C#N)[CH2][Sn]([CH2]CCC)([CH2]CCC)[CH2]CCC)C(=O)OC. The number of hydrogen-bond acceptors (Lipinski definition) is 3. The van der Waals surface area contributed by atoms with Gasteiger partial charge in [0, 0.05) is 0 Å². The average molecular weight is 442 g/mol. The molecule has 0 aliphatic rings. The van der Waals surface area contributed by atoms with Crippen molar-refractivity contribution in [1.29, 1.82) is 5.26 Å². The number of ether oxygens (including phenoxy) is 1. The van der Waals surface area contributed by atoms with Crippen molar-refractivity contribution in [2.24, 2.45) is 5.92 Å². The van der Waals surface area contributed by atoms with E-state index in [0.29, 0.717) is 12.0 Å². The topological polar surface area (TPSA) is 50.1 Å². The molecule has 0 aliphatic carbocycles. The van der Waals surface area contributed by atoms with Crippen LogP contribution in [0.15, 0.2) is 12.2 Å². The second-order valence-corrected chi connectivity index (χ2v) is 21.1. The molecule has 0 amide bonds. The van der Waals surface area contributed by atoms with E-state index in [1.807, 2.05) is 0 Å². The van der Waals surface area contributed by atoms with Gasteiger partial charge in [0.1, 0.15) is 0 Å². The number of nitrogens with zero attached hydrogens (tertiary/aromatic N) is 1. The van der Waals surface area contributed by atoms with Crippen LogP contribution >= 0.6 is 0 Å². The summed E-state index contributed by atoms with van der Waals surface area (Å²) in [5.41, 5.74) is 0.450. The van der Waals surface area contributed by atoms with Crippen LogP contribution in [0.1, 0.15) is 65.7 Å². The molecule has 0 bridgehead atoms. The van der Waals surface area contributed by atoms with E-state index in [-0.39, 0.29) is 11.9 Å². The van der Waals surface area contributed by atoms with E-state index in [1.54, 1.807) is 0 Å². The zero-order chi connectivity index (χ0) is 18.4. The van der Waals surface area contributed by atoms with E-state index in [2.05, 4.69) is 33.4 Å². The summed E-state index contributed by atoms with van der Waals surface area (Å²) in [7, 11) is 1.38. The van der Waals surface area contributed by atoms with E-state index in [0.717, 1.165) is 4.44 Å². The van der Waals surface area contributed by atoms with Crippen molar-refractivity contribution in [2.75, 3.05) is 7.11 Å². The van der Waals surface area contributed by atoms with E-state index in [1.165, 1.54) is 58.9 Å². The van der Waals surface area contributed by atoms with Crippen molar-refractivity contribution < 1.29 is 9.53 Å². The number of esters is 1. The van der Waals surface area contributed by atoms with Crippen LogP contribution in [-0.4, -0.2) is 31.5 Å². The average Bonchev–Trinajstić information content (AvgIpc) is 2.61. The Morgan fingerprint density at radius 1 is 1.08 bits per heavy atom. The molecule has 0 spiro atoms. The number of unbranched alkanes of at least 4 members (excludes halogenated alkanes) is 3. The summed E-state index contributed by atoms with van der Waals surface area (Å²) in [6.07, 6.45) is 8.11. The van der Waals surface area contributed by atoms with Gasteiger partial charge in [-0.05, 0) is 0 Å². The van der Waals surface area contributed by atoms with Crippen LogP contribution in [0.4, 0.5) is 0 Å². The van der Waals surface area contributed by atoms with Gasteiger partial charge in [-0.25, -0.2) is 0 Å². The zero-order valence-corrected chi connectivity index (χ0v) is 19.2. The predicted molar refractivity (Wildman–Crippen MR) is 105 cm³/mol. The van der Waals surface area contributed by atoms with Gasteiger partial charge in [-0.2, -0.15) is 0 Å². The number of carbonyl (C=O) groups excluding carboxylic acids is 1. The third kappa shape index (κ3) is 9.10. The molecule has 1 unspecified atom stereocenters. The number of methoxy groups -OCH3 is 1. The Morgan fingerprint density at radius 3 is 1.88 bits per heavy atom. The second-order valence-electron chi connectivity index (χ2n) is 7.14. The fraction of sp³-hybridized carbons (Fsp3) is 0.800. The Balaban J connectivity index is 5.15. The van der Waals surface area contributed by atoms with E-state index >= 15 is 0 Å². The van der Waals surface area contributed by atoms with Gasteiger partial charge in [-0.1, -0.05) is 0 Å². The number of nitriles is 1. The fourth-order valence-electron chi connectivity index (χ4n) is 3.55. The first-order valence-corrected chi connectivity index (χ1v) is 17.7. The normalized spacial score (nSPS) is 12.5. The molecule has 0 aliphatic heterocycles. The molecule has 1 atom stereocenters. The van der Waals surface area contributed by atoms with Crippen LogP contribution in [0.5, 0.6) is 0 Å². The molecule has 0 saturated carbocycles. The minimum absolute atomic E-state index is 0.0574. The van der Waals surface area contributed by atoms with Crippen molar-refractivity contribution in [3.8, 4) is 6.07 Å². The third-order valence-corrected chi connectivity index (χ3v) is 21.0. The summed E-state index contributed by atoms with van der Waals surface area (Å²) in [4.78, 5) is 11.6. The van der Waals surface area contributed by atoms with Gasteiger partial charge in [0.2, 0.25) is 0 Å². The van der Waals surface area contributed by atoms with E-state index in [4.69, 9.17) is 4.74 Å². The van der Waals surface area contributed by atoms with Crippen LogP contribution in [0.25, 0.3) is 0 Å². The fourth-order valence-corrected chi connectivity index (χ4v) is 20.5. The molecule has 24 heavy (non-hydrogen) atoms. The van der Waals surface area contributed by atoms with Gasteiger partial charge in [0.15, 0.2) is 0 Å². The zero-order valence-electron chi connectivity index (χ0n) is 16.3. The van der Waals surface area contributed by atoms with Gasteiger partial charge < -0.3 is 0 Å². The third-order valence-electron chi connectivity index (χ3n) is 5.01. The number of rotatable bonds is 14. The Labute approximate surface area is 153 Å². The Morgan fingerprint density at radius 2 is 1.54 bits per heavy atom. The molecule has 0 aromatic rings. The van der Waals surface area contributed by atoms with Gasteiger partial charge in [0.25, 0.3) is 0 Å². The number of hydrogen-bond donors (Lipinski definition) is 0. The molecule has 0 rings (SSSR count). The van der Waals surface area contributed by atoms with Crippen LogP contribution in [0.2, 0.25) is 17.7 Å². The molecular weight excluding hydrogens is 405 g/mol. The summed E-state index contributed by atoms with van der Waals surface area (Å²) in [6, 6.07) is 2.48. The predicted octanol–water partition coefficient (Wildman–Crippen LogP) is 6.09. The standard InChI is InChI=1S/C8H10NO2.3C4H9.Sn/c1-6(5-9)4-7(2)8(10)11-3;3*1-3-4-2;/h6H,1-2,4H2,3H3;3*1,3-4H2,2H3;. The molecule has 0 aromatic carbocycles. The maximum atomic E-state index is 11.6. The first-order chi connectivity index (χ1) is 11.5. The molecule has 0 radical (unpaired) electrons. The molecule has 0 N–H and O–H groups in total. The Bertz CT molecular complexity index is 393. The molecule has 0 saturated heterocycles. The maximum absolute atomic E-state index is 11.6. The summed E-state index contributed by atoms with van der Waals surface area (Å²) < 4.78 is 10.0. The molecule has 138 valence electrons. The minimum atomic E-state index is -2.34. The van der Waals surface area contributed by atoms with Crippen LogP contribution < -0.4 is 0 Å². The summed E-state index contributed by atoms with van der Waals surface area (Å²) in [5, 5.41) is 9.66. The molecule has 3 nitrogen and oxygen atoms in total. The number of carbonyl (C=O) groups is 1. The van der Waals surface area contributed by atoms with Gasteiger partial charge in [-0.3, -0.25) is 0 Å². The van der Waals surface area contributed by atoms with Crippen LogP contribution in [0, 0.1) is 17.2 Å². The first kappa shape index (κ1) is 23.5. The Kier molecular flexibility index (Phi) is 13.5.